The first-order valence-corrected chi connectivity index (χ1v) is 14.1. The molecule has 0 spiro atoms. The van der Waals surface area contributed by atoms with E-state index in [1.807, 2.05) is 0 Å². The largest absolute Gasteiger partial charge is 0.456 e. The van der Waals surface area contributed by atoms with Crippen molar-refractivity contribution in [2.75, 3.05) is 18.5 Å². The van der Waals surface area contributed by atoms with E-state index >= 15 is 0 Å². The van der Waals surface area contributed by atoms with E-state index in [1.165, 1.54) is 28.9 Å². The van der Waals surface area contributed by atoms with Crippen LogP contribution in [0, 0.1) is 11.7 Å². The van der Waals surface area contributed by atoms with Gasteiger partial charge in [-0.05, 0) is 51.7 Å². The normalized spacial score (nSPS) is 19.0. The second-order valence-electron chi connectivity index (χ2n) is 12.0. The Labute approximate surface area is 251 Å². The number of hydrogen-bond acceptors (Lipinski definition) is 9. The summed E-state index contributed by atoms with van der Waals surface area (Å²) < 4.78 is 71.9. The van der Waals surface area contributed by atoms with Crippen LogP contribution in [0.25, 0.3) is 16.9 Å². The van der Waals surface area contributed by atoms with Crippen LogP contribution in [-0.4, -0.2) is 74.8 Å². The van der Waals surface area contributed by atoms with Crippen LogP contribution in [0.2, 0.25) is 0 Å². The van der Waals surface area contributed by atoms with Crippen molar-refractivity contribution >= 4 is 23.5 Å². The van der Waals surface area contributed by atoms with Crippen LogP contribution in [0.1, 0.15) is 59.4 Å². The predicted octanol–water partition coefficient (Wildman–Crippen LogP) is 5.26. The fourth-order valence-electron chi connectivity index (χ4n) is 4.52. The Morgan fingerprint density at radius 1 is 1.11 bits per heavy atom. The van der Waals surface area contributed by atoms with Crippen LogP contribution in [-0.2, 0) is 19.0 Å². The number of amides is 1. The Bertz CT molecular complexity index is 1470. The fourth-order valence-corrected chi connectivity index (χ4v) is 4.52. The number of anilines is 1. The summed E-state index contributed by atoms with van der Waals surface area (Å²) in [6, 6.07) is 2.36. The molecule has 2 N–H and O–H groups in total. The molecule has 1 amide bonds. The minimum absolute atomic E-state index is 0.0272. The maximum atomic E-state index is 14.8. The average Bonchev–Trinajstić information content (AvgIpc) is 3.26. The molecule has 0 aliphatic carbocycles. The molecule has 4 heterocycles. The zero-order chi connectivity index (χ0) is 32.4. The highest BCUT2D eigenvalue weighted by molar-refractivity contribution is 5.82. The molecule has 11 nitrogen and oxygen atoms in total. The first kappa shape index (κ1) is 32.9. The summed E-state index contributed by atoms with van der Waals surface area (Å²) in [6.07, 6.45) is -3.17. The highest BCUT2D eigenvalue weighted by Gasteiger charge is 2.37. The fraction of sp³-hybridized carbons (Fsp3) is 0.552. The molecule has 1 saturated heterocycles. The summed E-state index contributed by atoms with van der Waals surface area (Å²) in [6.45, 7) is 10.1. The standard InChI is InChI=1S/C29H36F4N6O5/c1-15(2)24(37-27(41)44-28(4,5)6)25(40)43-23-14-42-10-9-20(23)36-26-35-13-22-18(30)11-21(39(22)38-26)19-8-7-17(12-34-19)16(3)29(31,32)33/h7-8,11-13,15-16,20,23-24H,9-10,14H2,1-6H3,(H,36,38)(H,37,41)/t16-,20+,23+,24-/m0/s1. The Kier molecular flexibility index (Phi) is 9.66. The van der Waals surface area contributed by atoms with E-state index in [0.717, 1.165) is 13.1 Å². The summed E-state index contributed by atoms with van der Waals surface area (Å²) in [5, 5.41) is 10.1. The van der Waals surface area contributed by atoms with Crippen molar-refractivity contribution in [2.45, 2.75) is 83.8 Å². The van der Waals surface area contributed by atoms with Crippen molar-refractivity contribution in [3.8, 4) is 11.4 Å². The molecule has 4 atom stereocenters. The first-order valence-electron chi connectivity index (χ1n) is 14.1. The number of nitrogens with zero attached hydrogens (tertiary/aromatic N) is 4. The van der Waals surface area contributed by atoms with Gasteiger partial charge in [-0.2, -0.15) is 13.2 Å². The molecule has 44 heavy (non-hydrogen) atoms. The summed E-state index contributed by atoms with van der Waals surface area (Å²) in [5.41, 5.74) is -0.334. The topological polar surface area (TPSA) is 129 Å². The number of esters is 1. The van der Waals surface area contributed by atoms with Gasteiger partial charge in [-0.15, -0.1) is 5.10 Å². The number of fused-ring (bicyclic) bond motifs is 1. The molecule has 3 aromatic rings. The Balaban J connectivity index is 1.52. The van der Waals surface area contributed by atoms with Crippen molar-refractivity contribution in [2.24, 2.45) is 5.92 Å². The van der Waals surface area contributed by atoms with Gasteiger partial charge in [0.1, 0.15) is 23.3 Å². The van der Waals surface area contributed by atoms with Gasteiger partial charge in [0, 0.05) is 18.9 Å². The molecule has 0 aromatic carbocycles. The Morgan fingerprint density at radius 3 is 2.45 bits per heavy atom. The van der Waals surface area contributed by atoms with Crippen molar-refractivity contribution in [1.29, 1.82) is 0 Å². The summed E-state index contributed by atoms with van der Waals surface area (Å²) in [5.74, 6) is -3.26. The minimum Gasteiger partial charge on any atom is -0.456 e. The third-order valence-corrected chi connectivity index (χ3v) is 6.99. The average molecular weight is 625 g/mol. The van der Waals surface area contributed by atoms with E-state index < -0.39 is 53.8 Å². The second-order valence-corrected chi connectivity index (χ2v) is 12.0. The van der Waals surface area contributed by atoms with Gasteiger partial charge in [-0.1, -0.05) is 19.9 Å². The van der Waals surface area contributed by atoms with Gasteiger partial charge < -0.3 is 24.8 Å². The number of rotatable bonds is 8. The summed E-state index contributed by atoms with van der Waals surface area (Å²) >= 11 is 0. The van der Waals surface area contributed by atoms with E-state index in [1.54, 1.807) is 34.6 Å². The maximum Gasteiger partial charge on any atom is 0.408 e. The molecule has 1 aliphatic heterocycles. The lowest BCUT2D eigenvalue weighted by atomic mass is 10.0. The van der Waals surface area contributed by atoms with Gasteiger partial charge in [-0.25, -0.2) is 23.5 Å². The number of carbonyl (C=O) groups excluding carboxylic acids is 2. The maximum absolute atomic E-state index is 14.8. The van der Waals surface area contributed by atoms with Crippen LogP contribution >= 0.6 is 0 Å². The number of pyridine rings is 1. The van der Waals surface area contributed by atoms with Gasteiger partial charge in [0.2, 0.25) is 5.95 Å². The molecule has 0 saturated carbocycles. The number of hydrogen-bond donors (Lipinski definition) is 2. The number of aromatic nitrogens is 4. The van der Waals surface area contributed by atoms with E-state index in [0.29, 0.717) is 13.0 Å². The van der Waals surface area contributed by atoms with Gasteiger partial charge in [0.25, 0.3) is 0 Å². The zero-order valence-corrected chi connectivity index (χ0v) is 25.2. The number of alkyl halides is 3. The molecule has 0 unspecified atom stereocenters. The van der Waals surface area contributed by atoms with Gasteiger partial charge in [0.15, 0.2) is 5.82 Å². The molecule has 240 valence electrons. The van der Waals surface area contributed by atoms with E-state index in [4.69, 9.17) is 14.2 Å². The predicted molar refractivity (Wildman–Crippen MR) is 151 cm³/mol. The smallest absolute Gasteiger partial charge is 0.408 e. The summed E-state index contributed by atoms with van der Waals surface area (Å²) in [4.78, 5) is 33.8. The van der Waals surface area contributed by atoms with Crippen LogP contribution < -0.4 is 10.6 Å². The van der Waals surface area contributed by atoms with Gasteiger partial charge >= 0.3 is 18.2 Å². The number of nitrogens with one attached hydrogen (secondary N) is 2. The van der Waals surface area contributed by atoms with E-state index in [9.17, 15) is 27.2 Å². The van der Waals surface area contributed by atoms with Crippen molar-refractivity contribution in [3.63, 3.8) is 0 Å². The molecule has 3 aromatic heterocycles. The van der Waals surface area contributed by atoms with Crippen molar-refractivity contribution in [3.05, 3.63) is 42.0 Å². The number of ether oxygens (including phenoxy) is 3. The van der Waals surface area contributed by atoms with E-state index in [-0.39, 0.29) is 40.9 Å². The van der Waals surface area contributed by atoms with Crippen molar-refractivity contribution < 1.29 is 41.4 Å². The SMILES string of the molecule is CC(C)[C@H](NC(=O)OC(C)(C)C)C(=O)O[C@@H]1COCC[C@H]1Nc1ncc2c(F)cc(-c3ccc([C@H](C)C(F)(F)F)cn3)n2n1. The van der Waals surface area contributed by atoms with Crippen LogP contribution in [0.4, 0.5) is 28.3 Å². The van der Waals surface area contributed by atoms with E-state index in [2.05, 4.69) is 25.7 Å². The highest BCUT2D eigenvalue weighted by atomic mass is 19.4. The minimum atomic E-state index is -4.43. The molecule has 0 bridgehead atoms. The molecule has 1 aliphatic rings. The van der Waals surface area contributed by atoms with Crippen LogP contribution in [0.3, 0.4) is 0 Å². The number of alkyl carbamates (subject to hydrolysis) is 1. The Morgan fingerprint density at radius 2 is 1.84 bits per heavy atom. The molecular formula is C29H36F4N6O5. The third-order valence-electron chi connectivity index (χ3n) is 6.99. The van der Waals surface area contributed by atoms with Gasteiger partial charge in [0.05, 0.1) is 36.2 Å². The number of carbonyl (C=O) groups is 2. The van der Waals surface area contributed by atoms with Crippen LogP contribution in [0.5, 0.6) is 0 Å². The molecule has 15 heteroatoms. The lowest BCUT2D eigenvalue weighted by Crippen LogP contribution is -2.51. The van der Waals surface area contributed by atoms with Gasteiger partial charge in [-0.3, -0.25) is 4.98 Å². The molecule has 0 radical (unpaired) electrons. The molecular weight excluding hydrogens is 588 g/mol. The number of halogens is 4. The van der Waals surface area contributed by atoms with Crippen LogP contribution in [0.15, 0.2) is 30.6 Å². The quantitative estimate of drug-likeness (QED) is 0.255. The molecule has 1 fully saturated rings. The zero-order valence-electron chi connectivity index (χ0n) is 25.2. The lowest BCUT2D eigenvalue weighted by Gasteiger charge is -2.33. The Hall–Kier alpha value is -4.01. The highest BCUT2D eigenvalue weighted by Crippen LogP contribution is 2.34. The van der Waals surface area contributed by atoms with Crippen molar-refractivity contribution in [1.82, 2.24) is 24.9 Å². The summed E-state index contributed by atoms with van der Waals surface area (Å²) in [7, 11) is 0. The lowest BCUT2D eigenvalue weighted by molar-refractivity contribution is -0.160. The molecule has 4 rings (SSSR count). The monoisotopic (exact) mass is 624 g/mol. The second kappa shape index (κ2) is 12.9. The first-order chi connectivity index (χ1) is 20.5. The third kappa shape index (κ3) is 7.92.